The summed E-state index contributed by atoms with van der Waals surface area (Å²) in [5.41, 5.74) is 6.81. The van der Waals surface area contributed by atoms with Crippen LogP contribution in [-0.4, -0.2) is 47.5 Å². The number of imidazole rings is 1. The van der Waals surface area contributed by atoms with Crippen LogP contribution in [0.3, 0.4) is 0 Å². The number of fused-ring (bicyclic) bond motifs is 1. The number of hydrogen-bond donors (Lipinski definition) is 1. The minimum atomic E-state index is 0.0916. The topological polar surface area (TPSA) is 55.5 Å². The summed E-state index contributed by atoms with van der Waals surface area (Å²) in [5, 5.41) is 0. The first-order valence-electron chi connectivity index (χ1n) is 11.6. The monoisotopic (exact) mass is 451 g/mol. The zero-order valence-corrected chi connectivity index (χ0v) is 19.4. The Morgan fingerprint density at radius 3 is 2.47 bits per heavy atom. The maximum absolute atomic E-state index is 13.1. The predicted molar refractivity (Wildman–Crippen MR) is 137 cm³/mol. The molecular weight excluding hydrogens is 422 g/mol. The number of aromatic nitrogens is 2. The maximum Gasteiger partial charge on any atom is 0.240 e. The normalized spacial score (nSPS) is 13.9. The van der Waals surface area contributed by atoms with E-state index in [-0.39, 0.29) is 5.91 Å². The van der Waals surface area contributed by atoms with Gasteiger partial charge in [-0.05, 0) is 41.0 Å². The number of rotatable bonds is 6. The van der Waals surface area contributed by atoms with Crippen molar-refractivity contribution in [3.8, 4) is 11.1 Å². The second-order valence-corrected chi connectivity index (χ2v) is 8.71. The van der Waals surface area contributed by atoms with E-state index >= 15 is 0 Å². The highest BCUT2D eigenvalue weighted by molar-refractivity contribution is 5.94. The Bertz CT molecular complexity index is 1220. The molecule has 0 bridgehead atoms. The molecule has 0 fully saturated rings. The molecule has 1 aliphatic heterocycles. The van der Waals surface area contributed by atoms with Gasteiger partial charge in [-0.2, -0.15) is 0 Å². The molecule has 1 aromatic heterocycles. The van der Waals surface area contributed by atoms with Crippen molar-refractivity contribution in [2.24, 2.45) is 0 Å². The van der Waals surface area contributed by atoms with Crippen LogP contribution < -0.4 is 9.80 Å². The summed E-state index contributed by atoms with van der Waals surface area (Å²) in [5.74, 6) is 0.0916. The third-order valence-corrected chi connectivity index (χ3v) is 6.40. The molecule has 0 atom stereocenters. The number of benzene rings is 3. The van der Waals surface area contributed by atoms with Gasteiger partial charge in [-0.15, -0.1) is 0 Å². The number of carbonyl (C=O) groups is 1. The van der Waals surface area contributed by atoms with Gasteiger partial charge < -0.3 is 14.8 Å². The standard InChI is InChI=1S/C28H29N5O/c1-31(26-10-6-3-7-11-26)28(34)20-32-14-15-33(19-25-17-29-21-30-25)27-13-12-23(16-24(27)18-32)22-8-4-2-5-9-22/h2-13,16-17,21H,14-15,18-20H2,1H3,(H,29,30). The number of carbonyl (C=O) groups excluding carboxylic acids is 1. The molecule has 3 aromatic carbocycles. The van der Waals surface area contributed by atoms with E-state index in [9.17, 15) is 4.79 Å². The number of nitrogens with zero attached hydrogens (tertiary/aromatic N) is 4. The van der Waals surface area contributed by atoms with E-state index in [2.05, 4.69) is 62.2 Å². The van der Waals surface area contributed by atoms with Crippen LogP contribution in [0.5, 0.6) is 0 Å². The molecule has 0 spiro atoms. The van der Waals surface area contributed by atoms with E-state index in [4.69, 9.17) is 0 Å². The predicted octanol–water partition coefficient (Wildman–Crippen LogP) is 4.56. The number of likely N-dealkylation sites (N-methyl/N-ethyl adjacent to an activating group) is 1. The van der Waals surface area contributed by atoms with Crippen LogP contribution in [0.2, 0.25) is 0 Å². The summed E-state index contributed by atoms with van der Waals surface area (Å²) < 4.78 is 0. The Hall–Kier alpha value is -3.90. The Kier molecular flexibility index (Phi) is 6.40. The molecule has 34 heavy (non-hydrogen) atoms. The first-order chi connectivity index (χ1) is 16.7. The van der Waals surface area contributed by atoms with Gasteiger partial charge >= 0.3 is 0 Å². The largest absolute Gasteiger partial charge is 0.364 e. The molecule has 0 saturated heterocycles. The molecule has 172 valence electrons. The van der Waals surface area contributed by atoms with Crippen molar-refractivity contribution < 1.29 is 4.79 Å². The molecule has 6 nitrogen and oxygen atoms in total. The molecule has 1 amide bonds. The van der Waals surface area contributed by atoms with E-state index in [0.29, 0.717) is 6.54 Å². The third kappa shape index (κ3) is 4.87. The van der Waals surface area contributed by atoms with Gasteiger partial charge in [0.25, 0.3) is 0 Å². The molecule has 0 unspecified atom stereocenters. The van der Waals surface area contributed by atoms with Crippen molar-refractivity contribution in [3.05, 3.63) is 103 Å². The number of amides is 1. The average molecular weight is 452 g/mol. The molecule has 2 heterocycles. The van der Waals surface area contributed by atoms with E-state index < -0.39 is 0 Å². The lowest BCUT2D eigenvalue weighted by Crippen LogP contribution is -2.40. The molecule has 6 heteroatoms. The highest BCUT2D eigenvalue weighted by Gasteiger charge is 2.23. The molecule has 0 saturated carbocycles. The van der Waals surface area contributed by atoms with Gasteiger partial charge in [0.05, 0.1) is 25.1 Å². The second-order valence-electron chi connectivity index (χ2n) is 8.71. The van der Waals surface area contributed by atoms with Gasteiger partial charge in [-0.1, -0.05) is 54.6 Å². The van der Waals surface area contributed by atoms with Gasteiger partial charge in [0.15, 0.2) is 0 Å². The van der Waals surface area contributed by atoms with Crippen LogP contribution in [0.25, 0.3) is 11.1 Å². The highest BCUT2D eigenvalue weighted by Crippen LogP contribution is 2.31. The van der Waals surface area contributed by atoms with Crippen molar-refractivity contribution in [1.29, 1.82) is 0 Å². The highest BCUT2D eigenvalue weighted by atomic mass is 16.2. The van der Waals surface area contributed by atoms with Gasteiger partial charge in [-0.3, -0.25) is 9.69 Å². The van der Waals surface area contributed by atoms with Crippen LogP contribution in [-0.2, 0) is 17.9 Å². The average Bonchev–Trinajstić information content (AvgIpc) is 3.34. The Labute approximate surface area is 200 Å². The Balaban J connectivity index is 1.41. The molecule has 0 aliphatic carbocycles. The Morgan fingerprint density at radius 1 is 0.971 bits per heavy atom. The SMILES string of the molecule is CN(C(=O)CN1CCN(Cc2cnc[nH]2)c2ccc(-c3ccccc3)cc2C1)c1ccccc1. The van der Waals surface area contributed by atoms with Crippen molar-refractivity contribution in [2.75, 3.05) is 36.5 Å². The minimum absolute atomic E-state index is 0.0916. The first kappa shape index (κ1) is 21.9. The van der Waals surface area contributed by atoms with Crippen LogP contribution in [0, 0.1) is 0 Å². The van der Waals surface area contributed by atoms with Crippen LogP contribution >= 0.6 is 0 Å². The molecule has 4 aromatic rings. The first-order valence-corrected chi connectivity index (χ1v) is 11.6. The summed E-state index contributed by atoms with van der Waals surface area (Å²) in [6.07, 6.45) is 3.59. The quantitative estimate of drug-likeness (QED) is 0.467. The van der Waals surface area contributed by atoms with Gasteiger partial charge in [0, 0.05) is 44.3 Å². The fourth-order valence-electron chi connectivity index (χ4n) is 4.50. The summed E-state index contributed by atoms with van der Waals surface area (Å²) in [6.45, 7) is 3.49. The fraction of sp³-hybridized carbons (Fsp3) is 0.214. The number of para-hydroxylation sites is 1. The molecular formula is C28H29N5O. The van der Waals surface area contributed by atoms with E-state index in [1.807, 2.05) is 49.6 Å². The van der Waals surface area contributed by atoms with Gasteiger partial charge in [0.2, 0.25) is 5.91 Å². The number of anilines is 2. The third-order valence-electron chi connectivity index (χ3n) is 6.40. The maximum atomic E-state index is 13.1. The van der Waals surface area contributed by atoms with E-state index in [1.54, 1.807) is 11.2 Å². The zero-order chi connectivity index (χ0) is 23.3. The van der Waals surface area contributed by atoms with Crippen molar-refractivity contribution >= 4 is 17.3 Å². The molecule has 5 rings (SSSR count). The number of hydrogen-bond acceptors (Lipinski definition) is 4. The van der Waals surface area contributed by atoms with Crippen LogP contribution in [0.4, 0.5) is 11.4 Å². The number of aromatic amines is 1. The number of H-pyrrole nitrogens is 1. The minimum Gasteiger partial charge on any atom is -0.364 e. The van der Waals surface area contributed by atoms with Crippen molar-refractivity contribution in [3.63, 3.8) is 0 Å². The second kappa shape index (κ2) is 9.93. The summed E-state index contributed by atoms with van der Waals surface area (Å²) in [6, 6.07) is 26.9. The summed E-state index contributed by atoms with van der Waals surface area (Å²) in [4.78, 5) is 26.9. The molecule has 0 radical (unpaired) electrons. The Morgan fingerprint density at radius 2 is 1.74 bits per heavy atom. The van der Waals surface area contributed by atoms with Crippen molar-refractivity contribution in [2.45, 2.75) is 13.1 Å². The summed E-state index contributed by atoms with van der Waals surface area (Å²) >= 11 is 0. The summed E-state index contributed by atoms with van der Waals surface area (Å²) in [7, 11) is 1.85. The number of nitrogens with one attached hydrogen (secondary N) is 1. The van der Waals surface area contributed by atoms with E-state index in [0.717, 1.165) is 37.6 Å². The van der Waals surface area contributed by atoms with Crippen molar-refractivity contribution in [1.82, 2.24) is 14.9 Å². The fourth-order valence-corrected chi connectivity index (χ4v) is 4.50. The molecule has 1 N–H and O–H groups in total. The van der Waals surface area contributed by atoms with Crippen LogP contribution in [0.1, 0.15) is 11.3 Å². The van der Waals surface area contributed by atoms with Gasteiger partial charge in [0.1, 0.15) is 0 Å². The van der Waals surface area contributed by atoms with Crippen LogP contribution in [0.15, 0.2) is 91.4 Å². The molecule has 1 aliphatic rings. The lowest BCUT2D eigenvalue weighted by atomic mass is 10.0. The lowest BCUT2D eigenvalue weighted by Gasteiger charge is -2.25. The zero-order valence-electron chi connectivity index (χ0n) is 19.4. The smallest absolute Gasteiger partial charge is 0.240 e. The van der Waals surface area contributed by atoms with E-state index in [1.165, 1.54) is 22.4 Å². The lowest BCUT2D eigenvalue weighted by molar-refractivity contribution is -0.119. The van der Waals surface area contributed by atoms with Gasteiger partial charge in [-0.25, -0.2) is 4.98 Å².